The molecule has 1 aromatic heterocycles. The van der Waals surface area contributed by atoms with Crippen molar-refractivity contribution in [1.29, 1.82) is 0 Å². The van der Waals surface area contributed by atoms with E-state index in [-0.39, 0.29) is 30.8 Å². The molecule has 8 heteroatoms. The van der Waals surface area contributed by atoms with Crippen molar-refractivity contribution < 1.29 is 19.1 Å². The average Bonchev–Trinajstić information content (AvgIpc) is 3.03. The van der Waals surface area contributed by atoms with Crippen LogP contribution in [0.2, 0.25) is 0 Å². The first-order valence-electron chi connectivity index (χ1n) is 6.96. The van der Waals surface area contributed by atoms with Crippen LogP contribution in [0.25, 0.3) is 0 Å². The summed E-state index contributed by atoms with van der Waals surface area (Å²) in [6.45, 7) is 1.68. The summed E-state index contributed by atoms with van der Waals surface area (Å²) >= 11 is 1.45. The lowest BCUT2D eigenvalue weighted by atomic mass is 10.2. The van der Waals surface area contributed by atoms with E-state index in [9.17, 15) is 14.4 Å². The van der Waals surface area contributed by atoms with E-state index in [4.69, 9.17) is 4.74 Å². The molecule has 3 amide bonds. The lowest BCUT2D eigenvalue weighted by Crippen LogP contribution is -2.54. The van der Waals surface area contributed by atoms with Crippen molar-refractivity contribution in [2.75, 3.05) is 46.4 Å². The van der Waals surface area contributed by atoms with E-state index in [0.29, 0.717) is 31.8 Å². The largest absolute Gasteiger partial charge is 0.383 e. The van der Waals surface area contributed by atoms with E-state index in [0.717, 1.165) is 0 Å². The van der Waals surface area contributed by atoms with Crippen LogP contribution in [0.3, 0.4) is 0 Å². The zero-order chi connectivity index (χ0) is 15.9. The summed E-state index contributed by atoms with van der Waals surface area (Å²) < 4.78 is 4.84. The van der Waals surface area contributed by atoms with Gasteiger partial charge in [0.15, 0.2) is 0 Å². The fourth-order valence-electron chi connectivity index (χ4n) is 2.14. The first kappa shape index (κ1) is 16.4. The molecule has 1 fully saturated rings. The van der Waals surface area contributed by atoms with E-state index in [2.05, 4.69) is 5.32 Å². The fourth-order valence-corrected chi connectivity index (χ4v) is 2.77. The molecule has 1 aromatic rings. The lowest BCUT2D eigenvalue weighted by molar-refractivity contribution is -0.139. The molecule has 120 valence electrons. The van der Waals surface area contributed by atoms with Crippen LogP contribution in [0.5, 0.6) is 0 Å². The SMILES string of the molecule is COCCNC(=O)CN1CCN(C(=O)c2ccsc2)CC1=O. The Morgan fingerprint density at radius 3 is 2.86 bits per heavy atom. The molecular formula is C14H19N3O4S. The van der Waals surface area contributed by atoms with Crippen molar-refractivity contribution in [3.05, 3.63) is 22.4 Å². The predicted octanol–water partition coefficient (Wildman–Crippen LogP) is -0.205. The number of piperazine rings is 1. The molecule has 0 atom stereocenters. The summed E-state index contributed by atoms with van der Waals surface area (Å²) in [4.78, 5) is 38.9. The number of nitrogens with zero attached hydrogens (tertiary/aromatic N) is 2. The molecule has 0 unspecified atom stereocenters. The Morgan fingerprint density at radius 1 is 1.41 bits per heavy atom. The fraction of sp³-hybridized carbons (Fsp3) is 0.500. The van der Waals surface area contributed by atoms with Gasteiger partial charge in [-0.2, -0.15) is 11.3 Å². The highest BCUT2D eigenvalue weighted by atomic mass is 32.1. The second-order valence-corrected chi connectivity index (χ2v) is 5.68. The number of carbonyl (C=O) groups is 3. The van der Waals surface area contributed by atoms with Crippen molar-refractivity contribution in [2.45, 2.75) is 0 Å². The van der Waals surface area contributed by atoms with Gasteiger partial charge in [0, 0.05) is 32.1 Å². The molecule has 1 saturated heterocycles. The predicted molar refractivity (Wildman–Crippen MR) is 81.7 cm³/mol. The number of methoxy groups -OCH3 is 1. The zero-order valence-corrected chi connectivity index (χ0v) is 13.2. The van der Waals surface area contributed by atoms with Gasteiger partial charge < -0.3 is 19.9 Å². The van der Waals surface area contributed by atoms with Crippen LogP contribution >= 0.6 is 11.3 Å². The minimum absolute atomic E-state index is 0.0139. The summed E-state index contributed by atoms with van der Waals surface area (Å²) in [5.74, 6) is -0.571. The van der Waals surface area contributed by atoms with Crippen LogP contribution in [0.4, 0.5) is 0 Å². The Morgan fingerprint density at radius 2 is 2.23 bits per heavy atom. The second-order valence-electron chi connectivity index (χ2n) is 4.90. The highest BCUT2D eigenvalue weighted by molar-refractivity contribution is 7.08. The molecule has 0 spiro atoms. The van der Waals surface area contributed by atoms with Gasteiger partial charge in [0.1, 0.15) is 6.54 Å². The van der Waals surface area contributed by atoms with Gasteiger partial charge in [-0.1, -0.05) is 0 Å². The van der Waals surface area contributed by atoms with Crippen molar-refractivity contribution >= 4 is 29.1 Å². The van der Waals surface area contributed by atoms with E-state index >= 15 is 0 Å². The van der Waals surface area contributed by atoms with Crippen molar-refractivity contribution in [2.24, 2.45) is 0 Å². The molecule has 0 aliphatic carbocycles. The Balaban J connectivity index is 1.81. The third-order valence-electron chi connectivity index (χ3n) is 3.34. The monoisotopic (exact) mass is 325 g/mol. The van der Waals surface area contributed by atoms with Gasteiger partial charge in [-0.15, -0.1) is 0 Å². The van der Waals surface area contributed by atoms with Gasteiger partial charge in [-0.25, -0.2) is 0 Å². The van der Waals surface area contributed by atoms with Gasteiger partial charge in [0.25, 0.3) is 5.91 Å². The van der Waals surface area contributed by atoms with Crippen LogP contribution in [0.1, 0.15) is 10.4 Å². The molecule has 2 heterocycles. The maximum atomic E-state index is 12.2. The van der Waals surface area contributed by atoms with Gasteiger partial charge in [0.05, 0.1) is 18.7 Å². The van der Waals surface area contributed by atoms with Crippen LogP contribution < -0.4 is 5.32 Å². The van der Waals surface area contributed by atoms with E-state index in [1.165, 1.54) is 21.1 Å². The number of nitrogens with one attached hydrogen (secondary N) is 1. The maximum absolute atomic E-state index is 12.2. The quantitative estimate of drug-likeness (QED) is 0.735. The van der Waals surface area contributed by atoms with Gasteiger partial charge in [0.2, 0.25) is 11.8 Å². The molecule has 0 aromatic carbocycles. The maximum Gasteiger partial charge on any atom is 0.255 e. The molecule has 0 saturated carbocycles. The van der Waals surface area contributed by atoms with Gasteiger partial charge >= 0.3 is 0 Å². The summed E-state index contributed by atoms with van der Waals surface area (Å²) in [6.07, 6.45) is 0. The molecule has 0 bridgehead atoms. The summed E-state index contributed by atoms with van der Waals surface area (Å²) in [5.41, 5.74) is 0.601. The highest BCUT2D eigenvalue weighted by Gasteiger charge is 2.28. The van der Waals surface area contributed by atoms with Gasteiger partial charge in [-0.05, 0) is 11.4 Å². The third kappa shape index (κ3) is 4.28. The van der Waals surface area contributed by atoms with E-state index < -0.39 is 0 Å². The van der Waals surface area contributed by atoms with E-state index in [1.54, 1.807) is 18.6 Å². The lowest BCUT2D eigenvalue weighted by Gasteiger charge is -2.33. The molecule has 22 heavy (non-hydrogen) atoms. The van der Waals surface area contributed by atoms with Crippen molar-refractivity contribution in [1.82, 2.24) is 15.1 Å². The summed E-state index contributed by atoms with van der Waals surface area (Å²) in [6, 6.07) is 1.74. The topological polar surface area (TPSA) is 79.0 Å². The molecule has 1 N–H and O–H groups in total. The van der Waals surface area contributed by atoms with Crippen molar-refractivity contribution in [3.63, 3.8) is 0 Å². The second kappa shape index (κ2) is 7.90. The smallest absolute Gasteiger partial charge is 0.255 e. The van der Waals surface area contributed by atoms with Crippen LogP contribution in [0.15, 0.2) is 16.8 Å². The Bertz CT molecular complexity index is 532. The number of rotatable bonds is 6. The molecule has 1 aliphatic rings. The number of ether oxygens (including phenoxy) is 1. The van der Waals surface area contributed by atoms with Crippen LogP contribution in [-0.4, -0.2) is 74.0 Å². The van der Waals surface area contributed by atoms with Gasteiger partial charge in [-0.3, -0.25) is 14.4 Å². The Hall–Kier alpha value is -1.93. The molecule has 0 radical (unpaired) electrons. The Labute approximate surface area is 132 Å². The average molecular weight is 325 g/mol. The number of thiophene rings is 1. The standard InChI is InChI=1S/C14H19N3O4S/c1-21-6-3-15-12(18)8-16-4-5-17(9-13(16)19)14(20)11-2-7-22-10-11/h2,7,10H,3-6,8-9H2,1H3,(H,15,18). The number of hydrogen-bond donors (Lipinski definition) is 1. The molecule has 2 rings (SSSR count). The molecule has 7 nitrogen and oxygen atoms in total. The molecular weight excluding hydrogens is 306 g/mol. The van der Waals surface area contributed by atoms with Crippen LogP contribution in [-0.2, 0) is 14.3 Å². The first-order valence-corrected chi connectivity index (χ1v) is 7.91. The normalized spacial score (nSPS) is 15.0. The first-order chi connectivity index (χ1) is 10.6. The third-order valence-corrected chi connectivity index (χ3v) is 4.02. The van der Waals surface area contributed by atoms with Crippen molar-refractivity contribution in [3.8, 4) is 0 Å². The summed E-state index contributed by atoms with van der Waals surface area (Å²) in [7, 11) is 1.55. The van der Waals surface area contributed by atoms with Crippen LogP contribution in [0, 0.1) is 0 Å². The zero-order valence-electron chi connectivity index (χ0n) is 12.4. The summed E-state index contributed by atoms with van der Waals surface area (Å²) in [5, 5.41) is 6.27. The molecule has 1 aliphatic heterocycles. The minimum Gasteiger partial charge on any atom is -0.383 e. The number of amides is 3. The number of carbonyl (C=O) groups excluding carboxylic acids is 3. The number of hydrogen-bond acceptors (Lipinski definition) is 5. The van der Waals surface area contributed by atoms with E-state index in [1.807, 2.05) is 5.38 Å². The Kier molecular flexibility index (Phi) is 5.91. The highest BCUT2D eigenvalue weighted by Crippen LogP contribution is 2.12. The minimum atomic E-state index is -0.219.